The van der Waals surface area contributed by atoms with Crippen molar-refractivity contribution in [3.8, 4) is 16.9 Å². The van der Waals surface area contributed by atoms with Gasteiger partial charge < -0.3 is 13.6 Å². The Morgan fingerprint density at radius 3 is 2.56 bits per heavy atom. The smallest absolute Gasteiger partial charge is 0.344 e. The van der Waals surface area contributed by atoms with Crippen molar-refractivity contribution in [2.75, 3.05) is 7.11 Å². The quantitative estimate of drug-likeness (QED) is 0.520. The second-order valence-electron chi connectivity index (χ2n) is 5.78. The van der Waals surface area contributed by atoms with Gasteiger partial charge in [-0.2, -0.15) is 0 Å². The Labute approximate surface area is 142 Å². The lowest BCUT2D eigenvalue weighted by atomic mass is 10.0. The second kappa shape index (κ2) is 5.63. The number of aryl methyl sites for hydroxylation is 1. The fourth-order valence-electron chi connectivity index (χ4n) is 2.96. The van der Waals surface area contributed by atoms with E-state index in [2.05, 4.69) is 0 Å². The SMILES string of the molecule is COc1ccc2cc(-c3cccc4c(C)cc(=O)oc34)c(=O)oc2c1. The zero-order valence-corrected chi connectivity index (χ0v) is 13.7. The fraction of sp³-hybridized carbons (Fsp3) is 0.100. The van der Waals surface area contributed by atoms with E-state index in [-0.39, 0.29) is 0 Å². The molecule has 0 spiro atoms. The molecule has 0 bridgehead atoms. The fourth-order valence-corrected chi connectivity index (χ4v) is 2.96. The molecule has 124 valence electrons. The predicted molar refractivity (Wildman–Crippen MR) is 95.3 cm³/mol. The summed E-state index contributed by atoms with van der Waals surface area (Å²) in [5, 5.41) is 1.54. The summed E-state index contributed by atoms with van der Waals surface area (Å²) in [6.07, 6.45) is 0. The molecule has 0 aliphatic heterocycles. The average Bonchev–Trinajstić information content (AvgIpc) is 2.60. The molecule has 0 saturated heterocycles. The van der Waals surface area contributed by atoms with Gasteiger partial charge in [0, 0.05) is 28.5 Å². The molecule has 2 aromatic carbocycles. The minimum Gasteiger partial charge on any atom is -0.497 e. The number of para-hydroxylation sites is 1. The summed E-state index contributed by atoms with van der Waals surface area (Å²) < 4.78 is 16.0. The Bertz CT molecular complexity index is 1230. The predicted octanol–water partition coefficient (Wildman–Crippen LogP) is 3.88. The van der Waals surface area contributed by atoms with Gasteiger partial charge in [0.15, 0.2) is 0 Å². The van der Waals surface area contributed by atoms with Gasteiger partial charge in [0.2, 0.25) is 0 Å². The van der Waals surface area contributed by atoms with E-state index in [4.69, 9.17) is 13.6 Å². The van der Waals surface area contributed by atoms with Crippen molar-refractivity contribution in [2.45, 2.75) is 6.92 Å². The van der Waals surface area contributed by atoms with Gasteiger partial charge in [-0.1, -0.05) is 18.2 Å². The van der Waals surface area contributed by atoms with Crippen LogP contribution in [0.25, 0.3) is 33.1 Å². The highest BCUT2D eigenvalue weighted by Gasteiger charge is 2.14. The number of rotatable bonds is 2. The molecule has 0 fully saturated rings. The molecule has 2 aromatic heterocycles. The van der Waals surface area contributed by atoms with E-state index < -0.39 is 11.3 Å². The third-order valence-corrected chi connectivity index (χ3v) is 4.21. The van der Waals surface area contributed by atoms with Gasteiger partial charge in [-0.25, -0.2) is 9.59 Å². The molecular weight excluding hydrogens is 320 g/mol. The van der Waals surface area contributed by atoms with Gasteiger partial charge in [0.1, 0.15) is 16.9 Å². The summed E-state index contributed by atoms with van der Waals surface area (Å²) in [5.41, 5.74) is 1.54. The van der Waals surface area contributed by atoms with E-state index in [1.54, 1.807) is 31.4 Å². The number of benzene rings is 2. The summed E-state index contributed by atoms with van der Waals surface area (Å²) in [6.45, 7) is 1.83. The zero-order chi connectivity index (χ0) is 17.6. The molecule has 4 aromatic rings. The summed E-state index contributed by atoms with van der Waals surface area (Å²) in [4.78, 5) is 24.3. The zero-order valence-electron chi connectivity index (χ0n) is 13.7. The van der Waals surface area contributed by atoms with Crippen molar-refractivity contribution in [3.05, 3.63) is 74.9 Å². The third-order valence-electron chi connectivity index (χ3n) is 4.21. The molecule has 25 heavy (non-hydrogen) atoms. The van der Waals surface area contributed by atoms with Crippen LogP contribution >= 0.6 is 0 Å². The van der Waals surface area contributed by atoms with Crippen LogP contribution in [0.2, 0.25) is 0 Å². The van der Waals surface area contributed by atoms with Crippen molar-refractivity contribution in [2.24, 2.45) is 0 Å². The summed E-state index contributed by atoms with van der Waals surface area (Å²) in [7, 11) is 1.55. The van der Waals surface area contributed by atoms with E-state index in [1.165, 1.54) is 6.07 Å². The van der Waals surface area contributed by atoms with Crippen LogP contribution in [0.4, 0.5) is 0 Å². The lowest BCUT2D eigenvalue weighted by Crippen LogP contribution is -2.05. The van der Waals surface area contributed by atoms with Gasteiger partial charge in [0.05, 0.1) is 12.7 Å². The van der Waals surface area contributed by atoms with Crippen molar-refractivity contribution in [1.29, 1.82) is 0 Å². The molecule has 0 aliphatic carbocycles. The molecule has 0 saturated carbocycles. The summed E-state index contributed by atoms with van der Waals surface area (Å²) >= 11 is 0. The third kappa shape index (κ3) is 2.50. The van der Waals surface area contributed by atoms with Gasteiger partial charge >= 0.3 is 11.3 Å². The second-order valence-corrected chi connectivity index (χ2v) is 5.78. The van der Waals surface area contributed by atoms with E-state index in [9.17, 15) is 9.59 Å². The van der Waals surface area contributed by atoms with Gasteiger partial charge in [-0.3, -0.25) is 0 Å². The topological polar surface area (TPSA) is 69.7 Å². The van der Waals surface area contributed by atoms with Crippen LogP contribution in [0.15, 0.2) is 67.0 Å². The molecule has 5 nitrogen and oxygen atoms in total. The van der Waals surface area contributed by atoms with E-state index >= 15 is 0 Å². The standard InChI is InChI=1S/C20H14O5/c1-11-8-18(21)25-19-14(11)4-3-5-15(19)16-9-12-6-7-13(23-2)10-17(12)24-20(16)22/h3-10H,1-2H3. The Hall–Kier alpha value is -3.34. The molecule has 0 N–H and O–H groups in total. The molecule has 0 radical (unpaired) electrons. The Balaban J connectivity index is 2.05. The van der Waals surface area contributed by atoms with Crippen LogP contribution < -0.4 is 16.0 Å². The average molecular weight is 334 g/mol. The molecule has 2 heterocycles. The van der Waals surface area contributed by atoms with Gasteiger partial charge in [0.25, 0.3) is 0 Å². The van der Waals surface area contributed by atoms with E-state index in [0.29, 0.717) is 28.0 Å². The minimum absolute atomic E-state index is 0.344. The van der Waals surface area contributed by atoms with Crippen LogP contribution in [-0.2, 0) is 0 Å². The normalized spacial score (nSPS) is 11.1. The summed E-state index contributed by atoms with van der Waals surface area (Å²) in [5.74, 6) is 0.607. The van der Waals surface area contributed by atoms with Crippen molar-refractivity contribution in [3.63, 3.8) is 0 Å². The number of ether oxygens (including phenoxy) is 1. The first kappa shape index (κ1) is 15.2. The number of fused-ring (bicyclic) bond motifs is 2. The molecule has 0 unspecified atom stereocenters. The lowest BCUT2D eigenvalue weighted by molar-refractivity contribution is 0.414. The van der Waals surface area contributed by atoms with Crippen LogP contribution in [0.5, 0.6) is 5.75 Å². The van der Waals surface area contributed by atoms with Crippen LogP contribution in [0.1, 0.15) is 5.56 Å². The molecule has 0 aliphatic rings. The lowest BCUT2D eigenvalue weighted by Gasteiger charge is -2.07. The Morgan fingerprint density at radius 1 is 0.920 bits per heavy atom. The van der Waals surface area contributed by atoms with Crippen molar-refractivity contribution < 1.29 is 13.6 Å². The molecule has 5 heteroatoms. The number of hydrogen-bond acceptors (Lipinski definition) is 5. The highest BCUT2D eigenvalue weighted by molar-refractivity contribution is 5.95. The first-order valence-electron chi connectivity index (χ1n) is 7.72. The summed E-state index contributed by atoms with van der Waals surface area (Å²) in [6, 6.07) is 13.8. The first-order valence-corrected chi connectivity index (χ1v) is 7.72. The maximum atomic E-state index is 12.5. The Morgan fingerprint density at radius 2 is 1.76 bits per heavy atom. The maximum Gasteiger partial charge on any atom is 0.344 e. The highest BCUT2D eigenvalue weighted by Crippen LogP contribution is 2.30. The number of hydrogen-bond donors (Lipinski definition) is 0. The maximum absolute atomic E-state index is 12.5. The van der Waals surface area contributed by atoms with E-state index in [0.717, 1.165) is 16.3 Å². The van der Waals surface area contributed by atoms with Gasteiger partial charge in [-0.15, -0.1) is 0 Å². The molecular formula is C20H14O5. The van der Waals surface area contributed by atoms with E-state index in [1.807, 2.05) is 25.1 Å². The molecule has 0 atom stereocenters. The number of methoxy groups -OCH3 is 1. The monoisotopic (exact) mass is 334 g/mol. The van der Waals surface area contributed by atoms with Crippen molar-refractivity contribution in [1.82, 2.24) is 0 Å². The Kier molecular flexibility index (Phi) is 3.42. The van der Waals surface area contributed by atoms with Crippen LogP contribution in [0, 0.1) is 6.92 Å². The molecule has 0 amide bonds. The van der Waals surface area contributed by atoms with Crippen LogP contribution in [-0.4, -0.2) is 7.11 Å². The van der Waals surface area contributed by atoms with Crippen molar-refractivity contribution >= 4 is 21.9 Å². The van der Waals surface area contributed by atoms with Gasteiger partial charge in [-0.05, 0) is 30.7 Å². The molecule has 4 rings (SSSR count). The van der Waals surface area contributed by atoms with Crippen LogP contribution in [0.3, 0.4) is 0 Å². The minimum atomic E-state index is -0.502. The largest absolute Gasteiger partial charge is 0.497 e. The first-order chi connectivity index (χ1) is 12.1. The highest BCUT2D eigenvalue weighted by atomic mass is 16.5.